The number of benzene rings is 2. The lowest BCUT2D eigenvalue weighted by Crippen LogP contribution is -2.22. The van der Waals surface area contributed by atoms with Gasteiger partial charge in [-0.3, -0.25) is 10.1 Å². The maximum atomic E-state index is 11.3. The normalized spacial score (nSPS) is 22.2. The first-order chi connectivity index (χ1) is 12.0. The van der Waals surface area contributed by atoms with Crippen LogP contribution in [0.1, 0.15) is 29.0 Å². The van der Waals surface area contributed by atoms with Gasteiger partial charge in [-0.15, -0.1) is 0 Å². The van der Waals surface area contributed by atoms with E-state index in [0.29, 0.717) is 6.42 Å². The van der Waals surface area contributed by atoms with Crippen LogP contribution >= 0.6 is 0 Å². The molecule has 25 heavy (non-hydrogen) atoms. The van der Waals surface area contributed by atoms with Gasteiger partial charge in [0.05, 0.1) is 11.4 Å². The average Bonchev–Trinajstić information content (AvgIpc) is 3.06. The van der Waals surface area contributed by atoms with Crippen molar-refractivity contribution in [3.63, 3.8) is 0 Å². The molecule has 0 aliphatic carbocycles. The Morgan fingerprint density at radius 2 is 1.92 bits per heavy atom. The minimum atomic E-state index is -0.750. The largest absolute Gasteiger partial charge is 0.373 e. The molecule has 2 aromatic carbocycles. The zero-order valence-electron chi connectivity index (χ0n) is 14.0. The van der Waals surface area contributed by atoms with Gasteiger partial charge in [-0.1, -0.05) is 42.0 Å². The quantitative estimate of drug-likeness (QED) is 0.584. The Morgan fingerprint density at radius 3 is 2.64 bits per heavy atom. The predicted molar refractivity (Wildman–Crippen MR) is 96.2 cm³/mol. The molecule has 4 rings (SSSR count). The van der Waals surface area contributed by atoms with Gasteiger partial charge < -0.3 is 9.67 Å². The molecule has 1 aromatic heterocycles. The van der Waals surface area contributed by atoms with Gasteiger partial charge in [0.1, 0.15) is 6.23 Å². The molecule has 0 amide bonds. The molecular formula is C20H20N2O3. The Balaban J connectivity index is 1.78. The first kappa shape index (κ1) is 15.8. The van der Waals surface area contributed by atoms with Gasteiger partial charge in [0.15, 0.2) is 0 Å². The third kappa shape index (κ3) is 2.70. The van der Waals surface area contributed by atoms with Crippen LogP contribution < -0.4 is 0 Å². The summed E-state index contributed by atoms with van der Waals surface area (Å²) in [4.78, 5) is 11.0. The molecule has 5 nitrogen and oxygen atoms in total. The number of nitrogens with zero attached hydrogens (tertiary/aromatic N) is 2. The summed E-state index contributed by atoms with van der Waals surface area (Å²) in [7, 11) is 0. The van der Waals surface area contributed by atoms with E-state index >= 15 is 0 Å². The van der Waals surface area contributed by atoms with Gasteiger partial charge >= 0.3 is 0 Å². The molecule has 3 aromatic rings. The Labute approximate surface area is 145 Å². The fraction of sp³-hybridized carbons (Fsp3) is 0.300. The minimum absolute atomic E-state index is 0.163. The van der Waals surface area contributed by atoms with Gasteiger partial charge in [-0.05, 0) is 37.1 Å². The number of aliphatic hydroxyl groups is 1. The lowest BCUT2D eigenvalue weighted by Gasteiger charge is -2.20. The highest BCUT2D eigenvalue weighted by atomic mass is 16.6. The van der Waals surface area contributed by atoms with E-state index in [1.54, 1.807) is 0 Å². The first-order valence-electron chi connectivity index (χ1n) is 8.50. The molecule has 1 N–H and O–H groups in total. The molecule has 2 heterocycles. The second-order valence-electron chi connectivity index (χ2n) is 6.89. The van der Waals surface area contributed by atoms with Crippen molar-refractivity contribution < 1.29 is 10.0 Å². The third-order valence-electron chi connectivity index (χ3n) is 5.23. The summed E-state index contributed by atoms with van der Waals surface area (Å²) in [6.07, 6.45) is -0.129. The Hall–Kier alpha value is -2.66. The maximum absolute atomic E-state index is 11.3. The summed E-state index contributed by atoms with van der Waals surface area (Å²) < 4.78 is 1.89. The minimum Gasteiger partial charge on any atom is -0.373 e. The number of rotatable bonds is 4. The van der Waals surface area contributed by atoms with Crippen LogP contribution in [0.15, 0.2) is 54.6 Å². The molecule has 0 spiro atoms. The number of hydrogen-bond donors (Lipinski definition) is 1. The van der Waals surface area contributed by atoms with E-state index in [-0.39, 0.29) is 23.3 Å². The third-order valence-corrected chi connectivity index (χ3v) is 5.23. The van der Waals surface area contributed by atoms with Gasteiger partial charge in [-0.2, -0.15) is 0 Å². The molecule has 3 atom stereocenters. The lowest BCUT2D eigenvalue weighted by molar-refractivity contribution is -0.485. The number of hydrogen-bond acceptors (Lipinski definition) is 3. The highest BCUT2D eigenvalue weighted by Crippen LogP contribution is 2.45. The topological polar surface area (TPSA) is 68.3 Å². The summed E-state index contributed by atoms with van der Waals surface area (Å²) in [5, 5.41) is 23.3. The van der Waals surface area contributed by atoms with Crippen molar-refractivity contribution in [3.8, 4) is 0 Å². The number of aliphatic hydroxyl groups excluding tert-OH is 1. The Kier molecular flexibility index (Phi) is 3.81. The summed E-state index contributed by atoms with van der Waals surface area (Å²) >= 11 is 0. The standard InChI is InChI=1S/C20H20N2O3/c1-13-7-8-18-15(9-13)11-19-17(12-21(24)25)16(20(23)22(18)19)10-14-5-3-2-4-6-14/h2-9,11,16-17,20,23H,10,12H2,1H3/t16-,17+,20-/m0/s1. The second-order valence-corrected chi connectivity index (χ2v) is 6.89. The van der Waals surface area contributed by atoms with Gasteiger partial charge in [0.25, 0.3) is 0 Å². The molecule has 128 valence electrons. The molecule has 0 unspecified atom stereocenters. The van der Waals surface area contributed by atoms with E-state index < -0.39 is 6.23 Å². The smallest absolute Gasteiger partial charge is 0.212 e. The molecule has 1 aliphatic rings. The van der Waals surface area contributed by atoms with Crippen molar-refractivity contribution in [2.24, 2.45) is 5.92 Å². The van der Waals surface area contributed by atoms with Crippen LogP contribution in [0.4, 0.5) is 0 Å². The van der Waals surface area contributed by atoms with Crippen molar-refractivity contribution in [1.29, 1.82) is 0 Å². The van der Waals surface area contributed by atoms with E-state index in [0.717, 1.165) is 27.7 Å². The molecule has 0 saturated heterocycles. The summed E-state index contributed by atoms with van der Waals surface area (Å²) in [5.74, 6) is -0.494. The summed E-state index contributed by atoms with van der Waals surface area (Å²) in [6.45, 7) is 1.86. The zero-order valence-corrected chi connectivity index (χ0v) is 14.0. The summed E-state index contributed by atoms with van der Waals surface area (Å²) in [5.41, 5.74) is 4.03. The van der Waals surface area contributed by atoms with E-state index in [1.807, 2.05) is 60.0 Å². The van der Waals surface area contributed by atoms with E-state index in [1.165, 1.54) is 0 Å². The number of nitro groups is 1. The van der Waals surface area contributed by atoms with E-state index in [2.05, 4.69) is 6.07 Å². The average molecular weight is 336 g/mol. The van der Waals surface area contributed by atoms with Crippen LogP contribution in [0.25, 0.3) is 10.9 Å². The Morgan fingerprint density at radius 1 is 1.16 bits per heavy atom. The van der Waals surface area contributed by atoms with Crippen molar-refractivity contribution in [2.45, 2.75) is 25.5 Å². The lowest BCUT2D eigenvalue weighted by atomic mass is 9.86. The molecule has 0 bridgehead atoms. The Bertz CT molecular complexity index is 933. The van der Waals surface area contributed by atoms with Gasteiger partial charge in [0, 0.05) is 21.9 Å². The number of aryl methyl sites for hydroxylation is 1. The fourth-order valence-electron chi connectivity index (χ4n) is 4.10. The van der Waals surface area contributed by atoms with Crippen LogP contribution in [0.3, 0.4) is 0 Å². The molecular weight excluding hydrogens is 316 g/mol. The highest BCUT2D eigenvalue weighted by molar-refractivity contribution is 5.83. The number of fused-ring (bicyclic) bond motifs is 3. The van der Waals surface area contributed by atoms with Gasteiger partial charge in [-0.25, -0.2) is 0 Å². The summed E-state index contributed by atoms with van der Waals surface area (Å²) in [6, 6.07) is 17.9. The van der Waals surface area contributed by atoms with Crippen LogP contribution in [0.2, 0.25) is 0 Å². The van der Waals surface area contributed by atoms with Gasteiger partial charge in [0.2, 0.25) is 6.54 Å². The molecule has 1 aliphatic heterocycles. The van der Waals surface area contributed by atoms with Crippen LogP contribution in [-0.4, -0.2) is 21.1 Å². The molecule has 0 fully saturated rings. The van der Waals surface area contributed by atoms with Crippen molar-refractivity contribution in [2.75, 3.05) is 6.54 Å². The van der Waals surface area contributed by atoms with E-state index in [9.17, 15) is 15.2 Å². The monoisotopic (exact) mass is 336 g/mol. The van der Waals surface area contributed by atoms with Crippen LogP contribution in [0.5, 0.6) is 0 Å². The second kappa shape index (κ2) is 6.01. The highest BCUT2D eigenvalue weighted by Gasteiger charge is 2.43. The maximum Gasteiger partial charge on any atom is 0.212 e. The fourth-order valence-corrected chi connectivity index (χ4v) is 4.10. The molecule has 0 radical (unpaired) electrons. The van der Waals surface area contributed by atoms with Crippen LogP contribution in [-0.2, 0) is 6.42 Å². The number of aromatic nitrogens is 1. The first-order valence-corrected chi connectivity index (χ1v) is 8.50. The predicted octanol–water partition coefficient (Wildman–Crippen LogP) is 3.67. The molecule has 5 heteroatoms. The van der Waals surface area contributed by atoms with Crippen molar-refractivity contribution >= 4 is 10.9 Å². The van der Waals surface area contributed by atoms with E-state index in [4.69, 9.17) is 0 Å². The SMILES string of the molecule is Cc1ccc2c(c1)cc1n2[C@@H](O)[C@@H](Cc2ccccc2)[C@H]1C[N+](=O)[O-]. The molecule has 0 saturated carbocycles. The van der Waals surface area contributed by atoms with Crippen molar-refractivity contribution in [1.82, 2.24) is 4.57 Å². The van der Waals surface area contributed by atoms with Crippen molar-refractivity contribution in [3.05, 3.63) is 81.5 Å². The zero-order chi connectivity index (χ0) is 17.6. The van der Waals surface area contributed by atoms with Crippen LogP contribution in [0, 0.1) is 23.0 Å².